The summed E-state index contributed by atoms with van der Waals surface area (Å²) in [6.45, 7) is 6.57. The zero-order chi connectivity index (χ0) is 18.1. The molecule has 1 atom stereocenters. The number of aromatic nitrogens is 3. The highest BCUT2D eigenvalue weighted by molar-refractivity contribution is 5.79. The van der Waals surface area contributed by atoms with Gasteiger partial charge in [0.05, 0.1) is 6.42 Å². The van der Waals surface area contributed by atoms with Gasteiger partial charge in [0.15, 0.2) is 5.65 Å². The van der Waals surface area contributed by atoms with E-state index in [1.807, 2.05) is 41.4 Å². The monoisotopic (exact) mass is 348 g/mol. The van der Waals surface area contributed by atoms with E-state index in [1.165, 1.54) is 5.56 Å². The van der Waals surface area contributed by atoms with Crippen LogP contribution in [0.3, 0.4) is 0 Å². The average molecular weight is 348 g/mol. The average Bonchev–Trinajstić information content (AvgIpc) is 3.27. The summed E-state index contributed by atoms with van der Waals surface area (Å²) in [5.41, 5.74) is 4.17. The van der Waals surface area contributed by atoms with Crippen molar-refractivity contribution in [2.24, 2.45) is 0 Å². The fourth-order valence-corrected chi connectivity index (χ4v) is 3.88. The van der Waals surface area contributed by atoms with Crippen LogP contribution in [-0.4, -0.2) is 38.4 Å². The third-order valence-electron chi connectivity index (χ3n) is 5.36. The van der Waals surface area contributed by atoms with Gasteiger partial charge in [-0.1, -0.05) is 24.3 Å². The number of hydrogen-bond donors (Lipinski definition) is 0. The van der Waals surface area contributed by atoms with Crippen molar-refractivity contribution in [1.82, 2.24) is 19.4 Å². The lowest BCUT2D eigenvalue weighted by Gasteiger charge is -2.17. The van der Waals surface area contributed by atoms with E-state index in [0.717, 1.165) is 48.6 Å². The lowest BCUT2D eigenvalue weighted by atomic mass is 10.1. The topological polar surface area (TPSA) is 51.0 Å². The fraction of sp³-hybridized carbons (Fsp3) is 0.381. The third kappa shape index (κ3) is 2.98. The number of aryl methyl sites for hydroxylation is 2. The molecule has 1 aromatic carbocycles. The van der Waals surface area contributed by atoms with Gasteiger partial charge in [0.25, 0.3) is 0 Å². The number of hydrogen-bond acceptors (Lipinski definition) is 3. The molecule has 1 aliphatic rings. The van der Waals surface area contributed by atoms with E-state index in [1.54, 1.807) is 0 Å². The molecule has 0 spiro atoms. The summed E-state index contributed by atoms with van der Waals surface area (Å²) in [6, 6.07) is 12.0. The maximum atomic E-state index is 12.8. The first kappa shape index (κ1) is 16.8. The maximum absolute atomic E-state index is 12.8. The summed E-state index contributed by atoms with van der Waals surface area (Å²) < 4.78 is 2.19. The Kier molecular flexibility index (Phi) is 4.45. The molecule has 1 aliphatic heterocycles. The van der Waals surface area contributed by atoms with Crippen LogP contribution >= 0.6 is 0 Å². The van der Waals surface area contributed by atoms with Gasteiger partial charge in [0.2, 0.25) is 5.91 Å². The molecule has 134 valence electrons. The molecular formula is C21H24N4O. The Hall–Kier alpha value is -2.69. The number of fused-ring (bicyclic) bond motifs is 1. The van der Waals surface area contributed by atoms with Crippen LogP contribution in [0.15, 0.2) is 42.6 Å². The molecule has 0 aliphatic carbocycles. The number of nitrogens with zero attached hydrogens (tertiary/aromatic N) is 4. The first-order chi connectivity index (χ1) is 12.7. The first-order valence-electron chi connectivity index (χ1n) is 9.30. The molecule has 26 heavy (non-hydrogen) atoms. The van der Waals surface area contributed by atoms with E-state index in [2.05, 4.69) is 29.5 Å². The molecule has 0 N–H and O–H groups in total. The van der Waals surface area contributed by atoms with Gasteiger partial charge in [0.1, 0.15) is 11.3 Å². The maximum Gasteiger partial charge on any atom is 0.227 e. The second-order valence-electron chi connectivity index (χ2n) is 6.99. The number of carbonyl (C=O) groups is 1. The Morgan fingerprint density at radius 3 is 2.88 bits per heavy atom. The summed E-state index contributed by atoms with van der Waals surface area (Å²) >= 11 is 0. The van der Waals surface area contributed by atoms with Crippen LogP contribution in [0.1, 0.15) is 36.2 Å². The minimum absolute atomic E-state index is 0.207. The number of carbonyl (C=O) groups excluding carboxylic acids is 1. The molecule has 1 amide bonds. The minimum Gasteiger partial charge on any atom is -0.342 e. The highest BCUT2D eigenvalue weighted by Gasteiger charge is 2.31. The standard InChI is InChI=1S/C21H24N4O/c1-3-25-20(23-18-9-6-11-22-21(18)25)17-10-12-24(14-17)19(26)13-16-8-5-4-7-15(16)2/h4-9,11,17H,3,10,12-14H2,1-2H3/t17-/m0/s1. The lowest BCUT2D eigenvalue weighted by Crippen LogP contribution is -2.30. The minimum atomic E-state index is 0.207. The zero-order valence-electron chi connectivity index (χ0n) is 15.4. The molecule has 0 radical (unpaired) electrons. The van der Waals surface area contributed by atoms with Crippen LogP contribution in [0.5, 0.6) is 0 Å². The SMILES string of the molecule is CCn1c([C@H]2CCN(C(=O)Cc3ccccc3C)C2)nc2cccnc21. The Balaban J connectivity index is 1.52. The van der Waals surface area contributed by atoms with Crippen molar-refractivity contribution < 1.29 is 4.79 Å². The summed E-state index contributed by atoms with van der Waals surface area (Å²) in [7, 11) is 0. The molecule has 3 aromatic rings. The van der Waals surface area contributed by atoms with E-state index in [-0.39, 0.29) is 11.8 Å². The summed E-state index contributed by atoms with van der Waals surface area (Å²) in [4.78, 5) is 24.1. The molecule has 3 heterocycles. The van der Waals surface area contributed by atoms with E-state index in [4.69, 9.17) is 4.98 Å². The van der Waals surface area contributed by atoms with Crippen LogP contribution in [0, 0.1) is 6.92 Å². The third-order valence-corrected chi connectivity index (χ3v) is 5.36. The van der Waals surface area contributed by atoms with E-state index in [9.17, 15) is 4.79 Å². The number of likely N-dealkylation sites (tertiary alicyclic amines) is 1. The molecule has 0 saturated carbocycles. The Bertz CT molecular complexity index is 946. The Morgan fingerprint density at radius 2 is 2.08 bits per heavy atom. The number of rotatable bonds is 4. The van der Waals surface area contributed by atoms with Gasteiger partial charge in [-0.3, -0.25) is 4.79 Å². The van der Waals surface area contributed by atoms with Gasteiger partial charge >= 0.3 is 0 Å². The predicted molar refractivity (Wildman–Crippen MR) is 102 cm³/mol. The van der Waals surface area contributed by atoms with Crippen molar-refractivity contribution in [2.75, 3.05) is 13.1 Å². The molecule has 2 aromatic heterocycles. The highest BCUT2D eigenvalue weighted by Crippen LogP contribution is 2.29. The summed E-state index contributed by atoms with van der Waals surface area (Å²) in [5, 5.41) is 0. The molecule has 5 nitrogen and oxygen atoms in total. The summed E-state index contributed by atoms with van der Waals surface area (Å²) in [6.07, 6.45) is 3.25. The number of benzene rings is 1. The fourth-order valence-electron chi connectivity index (χ4n) is 3.88. The molecule has 5 heteroatoms. The number of amides is 1. The van der Waals surface area contributed by atoms with Crippen LogP contribution < -0.4 is 0 Å². The molecule has 0 unspecified atom stereocenters. The van der Waals surface area contributed by atoms with E-state index < -0.39 is 0 Å². The van der Waals surface area contributed by atoms with Gasteiger partial charge in [-0.2, -0.15) is 0 Å². The quantitative estimate of drug-likeness (QED) is 0.727. The van der Waals surface area contributed by atoms with Crippen molar-refractivity contribution in [2.45, 2.75) is 39.2 Å². The number of imidazole rings is 1. The molecule has 0 bridgehead atoms. The van der Waals surface area contributed by atoms with Gasteiger partial charge < -0.3 is 9.47 Å². The van der Waals surface area contributed by atoms with Crippen molar-refractivity contribution in [3.05, 3.63) is 59.5 Å². The molecular weight excluding hydrogens is 324 g/mol. The first-order valence-corrected chi connectivity index (χ1v) is 9.30. The van der Waals surface area contributed by atoms with Crippen LogP contribution in [-0.2, 0) is 17.8 Å². The van der Waals surface area contributed by atoms with E-state index in [0.29, 0.717) is 6.42 Å². The van der Waals surface area contributed by atoms with Crippen LogP contribution in [0.25, 0.3) is 11.2 Å². The van der Waals surface area contributed by atoms with Crippen LogP contribution in [0.2, 0.25) is 0 Å². The van der Waals surface area contributed by atoms with Crippen LogP contribution in [0.4, 0.5) is 0 Å². The second kappa shape index (κ2) is 6.90. The zero-order valence-corrected chi connectivity index (χ0v) is 15.4. The van der Waals surface area contributed by atoms with Gasteiger partial charge in [-0.25, -0.2) is 9.97 Å². The molecule has 4 rings (SSSR count). The van der Waals surface area contributed by atoms with Gasteiger partial charge in [-0.05, 0) is 43.5 Å². The highest BCUT2D eigenvalue weighted by atomic mass is 16.2. The van der Waals surface area contributed by atoms with Gasteiger partial charge in [-0.15, -0.1) is 0 Å². The number of pyridine rings is 1. The van der Waals surface area contributed by atoms with Crippen molar-refractivity contribution in [1.29, 1.82) is 0 Å². The molecule has 1 fully saturated rings. The Morgan fingerprint density at radius 1 is 1.23 bits per heavy atom. The normalized spacial score (nSPS) is 17.2. The predicted octanol–water partition coefficient (Wildman–Crippen LogP) is 3.32. The lowest BCUT2D eigenvalue weighted by molar-refractivity contribution is -0.129. The van der Waals surface area contributed by atoms with Crippen molar-refractivity contribution >= 4 is 17.1 Å². The van der Waals surface area contributed by atoms with Crippen molar-refractivity contribution in [3.63, 3.8) is 0 Å². The van der Waals surface area contributed by atoms with E-state index >= 15 is 0 Å². The Labute approximate surface area is 153 Å². The van der Waals surface area contributed by atoms with Gasteiger partial charge in [0, 0.05) is 31.7 Å². The largest absolute Gasteiger partial charge is 0.342 e. The molecule has 1 saturated heterocycles. The second-order valence-corrected chi connectivity index (χ2v) is 6.99. The summed E-state index contributed by atoms with van der Waals surface area (Å²) in [5.74, 6) is 1.55. The van der Waals surface area contributed by atoms with Crippen molar-refractivity contribution in [3.8, 4) is 0 Å². The smallest absolute Gasteiger partial charge is 0.227 e.